The van der Waals surface area contributed by atoms with Crippen molar-refractivity contribution in [1.82, 2.24) is 10.2 Å². The Labute approximate surface area is 173 Å². The first kappa shape index (κ1) is 26.1. The van der Waals surface area contributed by atoms with Crippen molar-refractivity contribution in [3.63, 3.8) is 0 Å². The fourth-order valence-electron chi connectivity index (χ4n) is 2.39. The molecule has 1 atom stereocenters. The average molecular weight is 432 g/mol. The molecule has 0 aliphatic carbocycles. The molecule has 2 N–H and O–H groups in total. The first-order valence-corrected chi connectivity index (χ1v) is 10.7. The van der Waals surface area contributed by atoms with Gasteiger partial charge in [0.15, 0.2) is 9.84 Å². The van der Waals surface area contributed by atoms with Crippen molar-refractivity contribution in [2.75, 3.05) is 37.2 Å². The minimum absolute atomic E-state index is 0. The number of carbonyl (C=O) groups is 2. The summed E-state index contributed by atoms with van der Waals surface area (Å²) in [4.78, 5) is 26.5. The van der Waals surface area contributed by atoms with Crippen molar-refractivity contribution in [1.29, 1.82) is 0 Å². The lowest BCUT2D eigenvalue weighted by Gasteiger charge is -2.18. The summed E-state index contributed by atoms with van der Waals surface area (Å²) >= 11 is 0. The number of carbonyl (C=O) groups excluding carboxylic acids is 2. The maximum absolute atomic E-state index is 12.1. The number of benzene rings is 1. The Morgan fingerprint density at radius 3 is 2.25 bits per heavy atom. The zero-order valence-electron chi connectivity index (χ0n) is 16.6. The molecule has 0 heterocycles. The summed E-state index contributed by atoms with van der Waals surface area (Å²) in [6.07, 6.45) is 1.26. The number of nitrogens with zero attached hydrogens (tertiary/aromatic N) is 1. The largest absolute Gasteiger partial charge is 0.351 e. The molecular weight excluding hydrogens is 402 g/mol. The van der Waals surface area contributed by atoms with E-state index in [1.807, 2.05) is 0 Å². The molecule has 0 saturated carbocycles. The van der Waals surface area contributed by atoms with Crippen molar-refractivity contribution in [3.05, 3.63) is 42.5 Å². The van der Waals surface area contributed by atoms with Crippen LogP contribution in [0.3, 0.4) is 0 Å². The second kappa shape index (κ2) is 12.5. The van der Waals surface area contributed by atoms with Gasteiger partial charge in [-0.25, -0.2) is 8.42 Å². The third-order valence-electron chi connectivity index (χ3n) is 4.28. The Hall–Kier alpha value is -1.90. The minimum Gasteiger partial charge on any atom is -0.351 e. The highest BCUT2D eigenvalue weighted by molar-refractivity contribution is 7.92. The lowest BCUT2D eigenvalue weighted by molar-refractivity contribution is -0.115. The standard InChI is InChI=1S/C19H29N3O4S.ClH/c1-5-14-27(25,26)15(4)18(23)21-17-10-8-16(9-11-17)19(24)20-12-13-22(6-2)7-3;/h5,8-11,15H,1,6-7,12-14H2,2-4H3,(H,20,24)(H,21,23);1H. The smallest absolute Gasteiger partial charge is 0.251 e. The van der Waals surface area contributed by atoms with Crippen LogP contribution in [0.1, 0.15) is 31.1 Å². The van der Waals surface area contributed by atoms with Crippen LogP contribution >= 0.6 is 12.4 Å². The monoisotopic (exact) mass is 431 g/mol. The van der Waals surface area contributed by atoms with E-state index in [9.17, 15) is 18.0 Å². The third-order valence-corrected chi connectivity index (χ3v) is 6.27. The molecule has 9 heteroatoms. The van der Waals surface area contributed by atoms with Gasteiger partial charge in [0.05, 0.1) is 5.75 Å². The first-order valence-electron chi connectivity index (χ1n) is 8.99. The second-order valence-corrected chi connectivity index (χ2v) is 8.48. The number of hydrogen-bond acceptors (Lipinski definition) is 5. The zero-order chi connectivity index (χ0) is 20.4. The van der Waals surface area contributed by atoms with Gasteiger partial charge in [-0.2, -0.15) is 0 Å². The van der Waals surface area contributed by atoms with Gasteiger partial charge in [-0.15, -0.1) is 19.0 Å². The fourth-order valence-corrected chi connectivity index (χ4v) is 3.39. The number of amides is 2. The van der Waals surface area contributed by atoms with E-state index >= 15 is 0 Å². The fraction of sp³-hybridized carbons (Fsp3) is 0.474. The molecule has 28 heavy (non-hydrogen) atoms. The molecule has 1 rings (SSSR count). The summed E-state index contributed by atoms with van der Waals surface area (Å²) in [6.45, 7) is 12.1. The van der Waals surface area contributed by atoms with Gasteiger partial charge in [0.25, 0.3) is 5.91 Å². The highest BCUT2D eigenvalue weighted by atomic mass is 35.5. The summed E-state index contributed by atoms with van der Waals surface area (Å²) in [6, 6.07) is 6.32. The summed E-state index contributed by atoms with van der Waals surface area (Å²) in [5.41, 5.74) is 0.903. The Morgan fingerprint density at radius 2 is 1.75 bits per heavy atom. The van der Waals surface area contributed by atoms with E-state index in [0.717, 1.165) is 19.6 Å². The molecule has 1 aromatic rings. The summed E-state index contributed by atoms with van der Waals surface area (Å²) in [5, 5.41) is 4.23. The number of nitrogens with one attached hydrogen (secondary N) is 2. The van der Waals surface area contributed by atoms with Gasteiger partial charge in [0.2, 0.25) is 5.91 Å². The SMILES string of the molecule is C=CCS(=O)(=O)C(C)C(=O)Nc1ccc(C(=O)NCCN(CC)CC)cc1.Cl. The molecule has 7 nitrogen and oxygen atoms in total. The van der Waals surface area contributed by atoms with Gasteiger partial charge in [-0.05, 0) is 44.3 Å². The van der Waals surface area contributed by atoms with Crippen LogP contribution < -0.4 is 10.6 Å². The van der Waals surface area contributed by atoms with Gasteiger partial charge >= 0.3 is 0 Å². The van der Waals surface area contributed by atoms with Crippen molar-refractivity contribution < 1.29 is 18.0 Å². The Kier molecular flexibility index (Phi) is 11.7. The van der Waals surface area contributed by atoms with E-state index in [0.29, 0.717) is 17.8 Å². The van der Waals surface area contributed by atoms with Crippen molar-refractivity contribution >= 4 is 39.7 Å². The van der Waals surface area contributed by atoms with Crippen molar-refractivity contribution in [2.24, 2.45) is 0 Å². The summed E-state index contributed by atoms with van der Waals surface area (Å²) < 4.78 is 23.8. The van der Waals surface area contributed by atoms with E-state index in [-0.39, 0.29) is 24.1 Å². The number of likely N-dealkylation sites (N-methyl/N-ethyl adjacent to an activating group) is 1. The minimum atomic E-state index is -3.57. The molecule has 0 aliphatic rings. The molecular formula is C19H30ClN3O4S. The van der Waals surface area contributed by atoms with E-state index in [1.165, 1.54) is 13.0 Å². The maximum atomic E-state index is 12.1. The van der Waals surface area contributed by atoms with Crippen LogP contribution in [-0.2, 0) is 14.6 Å². The normalized spacial score (nSPS) is 12.0. The molecule has 0 spiro atoms. The van der Waals surface area contributed by atoms with Crippen molar-refractivity contribution in [2.45, 2.75) is 26.0 Å². The van der Waals surface area contributed by atoms with Gasteiger partial charge in [-0.3, -0.25) is 9.59 Å². The van der Waals surface area contributed by atoms with Crippen LogP contribution in [0.15, 0.2) is 36.9 Å². The highest BCUT2D eigenvalue weighted by Crippen LogP contribution is 2.12. The molecule has 0 radical (unpaired) electrons. The number of hydrogen-bond donors (Lipinski definition) is 2. The number of rotatable bonds is 11. The van der Waals surface area contributed by atoms with Gasteiger partial charge in [-0.1, -0.05) is 19.9 Å². The summed E-state index contributed by atoms with van der Waals surface area (Å²) in [5.74, 6) is -1.07. The molecule has 0 aromatic heterocycles. The predicted molar refractivity (Wildman–Crippen MR) is 116 cm³/mol. The zero-order valence-corrected chi connectivity index (χ0v) is 18.2. The maximum Gasteiger partial charge on any atom is 0.251 e. The van der Waals surface area contributed by atoms with Crippen LogP contribution in [0.5, 0.6) is 0 Å². The lowest BCUT2D eigenvalue weighted by atomic mass is 10.2. The molecule has 0 saturated heterocycles. The molecule has 158 valence electrons. The topological polar surface area (TPSA) is 95.6 Å². The Balaban J connectivity index is 0.00000729. The van der Waals surface area contributed by atoms with E-state index in [2.05, 4.69) is 36.0 Å². The third kappa shape index (κ3) is 8.00. The molecule has 0 bridgehead atoms. The molecule has 0 fully saturated rings. The molecule has 2 amide bonds. The van der Waals surface area contributed by atoms with Gasteiger partial charge in [0, 0.05) is 24.3 Å². The number of sulfone groups is 1. The first-order chi connectivity index (χ1) is 12.7. The number of halogens is 1. The van der Waals surface area contributed by atoms with Crippen LogP contribution in [-0.4, -0.2) is 62.3 Å². The van der Waals surface area contributed by atoms with Crippen LogP contribution in [0, 0.1) is 0 Å². The molecule has 0 aliphatic heterocycles. The van der Waals surface area contributed by atoms with Crippen LogP contribution in [0.4, 0.5) is 5.69 Å². The van der Waals surface area contributed by atoms with Crippen molar-refractivity contribution in [3.8, 4) is 0 Å². The van der Waals surface area contributed by atoms with Crippen LogP contribution in [0.25, 0.3) is 0 Å². The van der Waals surface area contributed by atoms with E-state index < -0.39 is 21.0 Å². The van der Waals surface area contributed by atoms with Gasteiger partial charge < -0.3 is 15.5 Å². The Morgan fingerprint density at radius 1 is 1.18 bits per heavy atom. The lowest BCUT2D eigenvalue weighted by Crippen LogP contribution is -2.35. The quantitative estimate of drug-likeness (QED) is 0.523. The summed E-state index contributed by atoms with van der Waals surface area (Å²) in [7, 11) is -3.57. The Bertz CT molecular complexity index is 747. The van der Waals surface area contributed by atoms with Crippen LogP contribution in [0.2, 0.25) is 0 Å². The van der Waals surface area contributed by atoms with Gasteiger partial charge in [0.1, 0.15) is 5.25 Å². The van der Waals surface area contributed by atoms with E-state index in [1.54, 1.807) is 24.3 Å². The highest BCUT2D eigenvalue weighted by Gasteiger charge is 2.26. The van der Waals surface area contributed by atoms with E-state index in [4.69, 9.17) is 0 Å². The average Bonchev–Trinajstić information content (AvgIpc) is 2.65. The predicted octanol–water partition coefficient (Wildman–Crippen LogP) is 2.11. The molecule has 1 aromatic carbocycles. The number of anilines is 1. The molecule has 1 unspecified atom stereocenters. The second-order valence-electron chi connectivity index (χ2n) is 6.11.